The lowest BCUT2D eigenvalue weighted by Gasteiger charge is -1.96. The summed E-state index contributed by atoms with van der Waals surface area (Å²) in [5, 5.41) is 0. The van der Waals surface area contributed by atoms with E-state index in [1.807, 2.05) is 0 Å². The monoisotopic (exact) mass is 158 g/mol. The van der Waals surface area contributed by atoms with Gasteiger partial charge in [-0.2, -0.15) is 0 Å². The van der Waals surface area contributed by atoms with Crippen LogP contribution in [0, 0.1) is 0 Å². The van der Waals surface area contributed by atoms with Gasteiger partial charge in [0.25, 0.3) is 0 Å². The summed E-state index contributed by atoms with van der Waals surface area (Å²) in [5.41, 5.74) is 0. The van der Waals surface area contributed by atoms with Crippen LogP contribution in [0.25, 0.3) is 0 Å². The third-order valence-corrected chi connectivity index (χ3v) is 0.773. The molecule has 0 aromatic rings. The molecule has 0 aromatic carbocycles. The Morgan fingerprint density at radius 3 is 2.45 bits per heavy atom. The van der Waals surface area contributed by atoms with E-state index < -0.39 is 5.97 Å². The summed E-state index contributed by atoms with van der Waals surface area (Å²) < 4.78 is 8.90. The summed E-state index contributed by atoms with van der Waals surface area (Å²) >= 11 is 0. The number of ketones is 1. The van der Waals surface area contributed by atoms with Crippen LogP contribution in [0.1, 0.15) is 6.92 Å². The number of carbonyl (C=O) groups is 2. The number of allylic oxidation sites excluding steroid dienone is 1. The van der Waals surface area contributed by atoms with Gasteiger partial charge < -0.3 is 9.47 Å². The van der Waals surface area contributed by atoms with Gasteiger partial charge in [-0.25, -0.2) is 4.79 Å². The minimum Gasteiger partial charge on any atom is -0.435 e. The van der Waals surface area contributed by atoms with Gasteiger partial charge in [-0.15, -0.1) is 0 Å². The molecule has 0 spiro atoms. The first-order valence-electron chi connectivity index (χ1n) is 3.01. The third-order valence-electron chi connectivity index (χ3n) is 0.773. The van der Waals surface area contributed by atoms with Crippen molar-refractivity contribution in [3.8, 4) is 0 Å². The van der Waals surface area contributed by atoms with Crippen molar-refractivity contribution in [2.45, 2.75) is 6.92 Å². The Morgan fingerprint density at radius 2 is 2.00 bits per heavy atom. The van der Waals surface area contributed by atoms with Crippen molar-refractivity contribution < 1.29 is 19.1 Å². The fourth-order valence-electron chi connectivity index (χ4n) is 0.351. The Labute approximate surface area is 64.8 Å². The lowest BCUT2D eigenvalue weighted by Crippen LogP contribution is -2.03. The molecule has 62 valence electrons. The Morgan fingerprint density at radius 1 is 1.36 bits per heavy atom. The molecule has 0 aliphatic rings. The number of esters is 1. The molecule has 0 aliphatic carbocycles. The summed E-state index contributed by atoms with van der Waals surface area (Å²) in [5.74, 6) is -0.776. The van der Waals surface area contributed by atoms with Gasteiger partial charge in [-0.3, -0.25) is 4.79 Å². The van der Waals surface area contributed by atoms with Crippen molar-refractivity contribution in [2.75, 3.05) is 13.9 Å². The van der Waals surface area contributed by atoms with E-state index in [4.69, 9.17) is 0 Å². The zero-order valence-corrected chi connectivity index (χ0v) is 6.49. The van der Waals surface area contributed by atoms with Crippen LogP contribution in [0.2, 0.25) is 0 Å². The number of hydrogen-bond acceptors (Lipinski definition) is 4. The molecule has 0 atom stereocenters. The van der Waals surface area contributed by atoms with Crippen molar-refractivity contribution in [2.24, 2.45) is 0 Å². The molecule has 4 nitrogen and oxygen atoms in total. The van der Waals surface area contributed by atoms with Gasteiger partial charge in [0, 0.05) is 13.2 Å². The molecule has 0 radical (unpaired) electrons. The second-order valence-electron chi connectivity index (χ2n) is 1.81. The molecule has 0 amide bonds. The molecule has 0 rings (SSSR count). The number of methoxy groups -OCH3 is 1. The second-order valence-corrected chi connectivity index (χ2v) is 1.81. The second kappa shape index (κ2) is 5.61. The Bertz CT molecular complexity index is 171. The number of ether oxygens (including phenoxy) is 2. The summed E-state index contributed by atoms with van der Waals surface area (Å²) in [7, 11) is 1.40. The number of carbonyl (C=O) groups excluding carboxylic acids is 2. The summed E-state index contributed by atoms with van der Waals surface area (Å²) in [6.45, 7) is 1.25. The lowest BCUT2D eigenvalue weighted by atomic mass is 10.4. The van der Waals surface area contributed by atoms with E-state index in [0.29, 0.717) is 0 Å². The Kier molecular flexibility index (Phi) is 5.02. The molecule has 0 saturated heterocycles. The highest BCUT2D eigenvalue weighted by molar-refractivity contribution is 5.94. The SMILES string of the molecule is COCOC(=O)/C=C/C(C)=O. The molecule has 0 aromatic heterocycles. The average Bonchev–Trinajstić information content (AvgIpc) is 1.97. The van der Waals surface area contributed by atoms with E-state index in [1.54, 1.807) is 0 Å². The van der Waals surface area contributed by atoms with Crippen LogP contribution in [0.4, 0.5) is 0 Å². The summed E-state index contributed by atoms with van der Waals surface area (Å²) in [6, 6.07) is 0. The van der Waals surface area contributed by atoms with Gasteiger partial charge >= 0.3 is 5.97 Å². The van der Waals surface area contributed by atoms with Crippen molar-refractivity contribution in [3.63, 3.8) is 0 Å². The molecule has 0 heterocycles. The highest BCUT2D eigenvalue weighted by Crippen LogP contribution is 1.82. The molecule has 0 aliphatic heterocycles. The van der Waals surface area contributed by atoms with Crippen molar-refractivity contribution in [1.82, 2.24) is 0 Å². The molecular weight excluding hydrogens is 148 g/mol. The van der Waals surface area contributed by atoms with Gasteiger partial charge in [-0.05, 0) is 13.0 Å². The molecule has 0 unspecified atom stereocenters. The predicted molar refractivity (Wildman–Crippen MR) is 37.8 cm³/mol. The largest absolute Gasteiger partial charge is 0.435 e. The van der Waals surface area contributed by atoms with Gasteiger partial charge in [0.05, 0.1) is 0 Å². The van der Waals surface area contributed by atoms with Crippen molar-refractivity contribution >= 4 is 11.8 Å². The maximum absolute atomic E-state index is 10.6. The molecule has 11 heavy (non-hydrogen) atoms. The van der Waals surface area contributed by atoms with Crippen LogP contribution >= 0.6 is 0 Å². The quantitative estimate of drug-likeness (QED) is 0.335. The van der Waals surface area contributed by atoms with E-state index in [0.717, 1.165) is 12.2 Å². The molecule has 4 heteroatoms. The van der Waals surface area contributed by atoms with E-state index in [2.05, 4.69) is 9.47 Å². The highest BCUT2D eigenvalue weighted by Gasteiger charge is 1.94. The van der Waals surface area contributed by atoms with Gasteiger partial charge in [-0.1, -0.05) is 0 Å². The zero-order valence-electron chi connectivity index (χ0n) is 6.49. The zero-order chi connectivity index (χ0) is 8.69. The minimum atomic E-state index is -0.581. The summed E-state index contributed by atoms with van der Waals surface area (Å²) in [6.07, 6.45) is 2.19. The van der Waals surface area contributed by atoms with Gasteiger partial charge in [0.15, 0.2) is 12.6 Å². The first kappa shape index (κ1) is 9.84. The van der Waals surface area contributed by atoms with Crippen molar-refractivity contribution in [3.05, 3.63) is 12.2 Å². The van der Waals surface area contributed by atoms with Crippen LogP contribution in [0.15, 0.2) is 12.2 Å². The fourth-order valence-corrected chi connectivity index (χ4v) is 0.351. The minimum absolute atomic E-state index is 0.0962. The van der Waals surface area contributed by atoms with Gasteiger partial charge in [0.1, 0.15) is 0 Å². The maximum atomic E-state index is 10.6. The van der Waals surface area contributed by atoms with Crippen molar-refractivity contribution in [1.29, 1.82) is 0 Å². The maximum Gasteiger partial charge on any atom is 0.332 e. The van der Waals surface area contributed by atoms with Crippen LogP contribution in [-0.2, 0) is 19.1 Å². The summed E-state index contributed by atoms with van der Waals surface area (Å²) in [4.78, 5) is 20.9. The van der Waals surface area contributed by atoms with E-state index in [9.17, 15) is 9.59 Å². The molecule has 0 fully saturated rings. The van der Waals surface area contributed by atoms with E-state index in [1.165, 1.54) is 14.0 Å². The van der Waals surface area contributed by atoms with Crippen LogP contribution in [0.3, 0.4) is 0 Å². The Hall–Kier alpha value is -1.16. The topological polar surface area (TPSA) is 52.6 Å². The number of hydrogen-bond donors (Lipinski definition) is 0. The molecule has 0 N–H and O–H groups in total. The molecule has 0 saturated carbocycles. The number of rotatable bonds is 4. The standard InChI is InChI=1S/C7H10O4/c1-6(8)3-4-7(9)11-5-10-2/h3-4H,5H2,1-2H3/b4-3+. The van der Waals surface area contributed by atoms with E-state index in [-0.39, 0.29) is 12.6 Å². The van der Waals surface area contributed by atoms with Crippen LogP contribution in [-0.4, -0.2) is 25.7 Å². The van der Waals surface area contributed by atoms with E-state index >= 15 is 0 Å². The first-order chi connectivity index (χ1) is 5.16. The first-order valence-corrected chi connectivity index (χ1v) is 3.01. The highest BCUT2D eigenvalue weighted by atomic mass is 16.7. The normalized spacial score (nSPS) is 10.0. The smallest absolute Gasteiger partial charge is 0.332 e. The third kappa shape index (κ3) is 6.73. The lowest BCUT2D eigenvalue weighted by molar-refractivity contribution is -0.148. The Balaban J connectivity index is 3.60. The molecular formula is C7H10O4. The fraction of sp³-hybridized carbons (Fsp3) is 0.429. The predicted octanol–water partition coefficient (Wildman–Crippen LogP) is 0.279. The molecule has 0 bridgehead atoms. The van der Waals surface area contributed by atoms with Gasteiger partial charge in [0.2, 0.25) is 0 Å². The average molecular weight is 158 g/mol. The van der Waals surface area contributed by atoms with Crippen LogP contribution < -0.4 is 0 Å². The van der Waals surface area contributed by atoms with Crippen LogP contribution in [0.5, 0.6) is 0 Å².